The van der Waals surface area contributed by atoms with E-state index in [2.05, 4.69) is 4.98 Å². The summed E-state index contributed by atoms with van der Waals surface area (Å²) in [5.74, 6) is -1.65. The van der Waals surface area contributed by atoms with Gasteiger partial charge in [0.25, 0.3) is 5.91 Å². The number of aromatic nitrogens is 1. The van der Waals surface area contributed by atoms with Crippen LogP contribution in [-0.2, 0) is 9.53 Å². The third-order valence-electron chi connectivity index (χ3n) is 4.20. The summed E-state index contributed by atoms with van der Waals surface area (Å²) in [4.78, 5) is 29.7. The van der Waals surface area contributed by atoms with E-state index in [9.17, 15) is 14.0 Å². The van der Waals surface area contributed by atoms with Crippen molar-refractivity contribution in [3.05, 3.63) is 29.8 Å². The number of amides is 1. The lowest BCUT2D eigenvalue weighted by molar-refractivity contribution is -0.155. The van der Waals surface area contributed by atoms with Crippen molar-refractivity contribution in [1.82, 2.24) is 9.88 Å². The predicted molar refractivity (Wildman–Crippen MR) is 74.1 cm³/mol. The second-order valence-corrected chi connectivity index (χ2v) is 5.30. The molecule has 1 heterocycles. The maximum absolute atomic E-state index is 13.7. The number of pyridine rings is 1. The molecule has 5 nitrogen and oxygen atoms in total. The number of ether oxygens (including phenoxy) is 1. The molecule has 1 aliphatic carbocycles. The zero-order valence-corrected chi connectivity index (χ0v) is 12.3. The number of carbonyl (C=O) groups is 2. The molecule has 0 bridgehead atoms. The SMILES string of the molecule is COC(=O)C1(N(C)C(=O)c2ccncc2F)CCCCC1. The second-order valence-electron chi connectivity index (χ2n) is 5.30. The van der Waals surface area contributed by atoms with Gasteiger partial charge in [0.05, 0.1) is 18.9 Å². The van der Waals surface area contributed by atoms with Gasteiger partial charge in [-0.3, -0.25) is 9.78 Å². The molecule has 114 valence electrons. The molecule has 1 saturated carbocycles. The van der Waals surface area contributed by atoms with E-state index in [1.54, 1.807) is 0 Å². The number of methoxy groups -OCH3 is 1. The molecule has 21 heavy (non-hydrogen) atoms. The van der Waals surface area contributed by atoms with E-state index in [0.29, 0.717) is 12.8 Å². The van der Waals surface area contributed by atoms with Crippen molar-refractivity contribution in [3.8, 4) is 0 Å². The number of hydrogen-bond acceptors (Lipinski definition) is 4. The van der Waals surface area contributed by atoms with Crippen LogP contribution in [-0.4, -0.2) is 41.5 Å². The second kappa shape index (κ2) is 6.20. The first-order valence-electron chi connectivity index (χ1n) is 6.99. The van der Waals surface area contributed by atoms with Gasteiger partial charge in [-0.05, 0) is 18.9 Å². The number of halogens is 1. The zero-order chi connectivity index (χ0) is 15.5. The normalized spacial score (nSPS) is 17.1. The van der Waals surface area contributed by atoms with Crippen LogP contribution in [0.4, 0.5) is 4.39 Å². The minimum Gasteiger partial charge on any atom is -0.467 e. The van der Waals surface area contributed by atoms with Crippen LogP contribution in [0.25, 0.3) is 0 Å². The van der Waals surface area contributed by atoms with E-state index in [1.165, 1.54) is 31.3 Å². The number of nitrogens with zero attached hydrogens (tertiary/aromatic N) is 2. The van der Waals surface area contributed by atoms with Crippen LogP contribution in [0, 0.1) is 5.82 Å². The van der Waals surface area contributed by atoms with E-state index in [0.717, 1.165) is 25.5 Å². The lowest BCUT2D eigenvalue weighted by atomic mass is 9.80. The van der Waals surface area contributed by atoms with Gasteiger partial charge in [-0.1, -0.05) is 19.3 Å². The molecule has 0 aliphatic heterocycles. The Balaban J connectivity index is 2.34. The average molecular weight is 294 g/mol. The molecule has 0 saturated heterocycles. The van der Waals surface area contributed by atoms with Gasteiger partial charge in [0.1, 0.15) is 5.54 Å². The molecule has 1 amide bonds. The smallest absolute Gasteiger partial charge is 0.331 e. The molecular weight excluding hydrogens is 275 g/mol. The third-order valence-corrected chi connectivity index (χ3v) is 4.20. The van der Waals surface area contributed by atoms with Gasteiger partial charge in [0.2, 0.25) is 0 Å². The molecule has 0 spiro atoms. The van der Waals surface area contributed by atoms with E-state index in [4.69, 9.17) is 4.74 Å². The first-order valence-corrected chi connectivity index (χ1v) is 6.99. The number of likely N-dealkylation sites (N-methyl/N-ethyl adjacent to an activating group) is 1. The van der Waals surface area contributed by atoms with Gasteiger partial charge in [0, 0.05) is 13.2 Å². The van der Waals surface area contributed by atoms with E-state index in [-0.39, 0.29) is 5.56 Å². The Labute approximate surface area is 123 Å². The molecule has 1 aliphatic rings. The molecule has 1 fully saturated rings. The quantitative estimate of drug-likeness (QED) is 0.802. The largest absolute Gasteiger partial charge is 0.467 e. The zero-order valence-electron chi connectivity index (χ0n) is 12.3. The number of rotatable bonds is 3. The molecule has 0 radical (unpaired) electrons. The summed E-state index contributed by atoms with van der Waals surface area (Å²) in [6, 6.07) is 1.32. The van der Waals surface area contributed by atoms with Crippen LogP contribution in [0.2, 0.25) is 0 Å². The van der Waals surface area contributed by atoms with Crippen LogP contribution < -0.4 is 0 Å². The highest BCUT2D eigenvalue weighted by molar-refractivity contribution is 5.98. The third kappa shape index (κ3) is 2.75. The monoisotopic (exact) mass is 294 g/mol. The van der Waals surface area contributed by atoms with Gasteiger partial charge in [-0.15, -0.1) is 0 Å². The van der Waals surface area contributed by atoms with Crippen LogP contribution in [0.5, 0.6) is 0 Å². The number of carbonyl (C=O) groups excluding carboxylic acids is 2. The Hall–Kier alpha value is -1.98. The fourth-order valence-corrected chi connectivity index (χ4v) is 2.93. The summed E-state index contributed by atoms with van der Waals surface area (Å²) < 4.78 is 18.6. The van der Waals surface area contributed by atoms with Crippen LogP contribution in [0.15, 0.2) is 18.5 Å². The van der Waals surface area contributed by atoms with E-state index in [1.807, 2.05) is 0 Å². The summed E-state index contributed by atoms with van der Waals surface area (Å²) in [7, 11) is 2.84. The van der Waals surface area contributed by atoms with Gasteiger partial charge >= 0.3 is 5.97 Å². The van der Waals surface area contributed by atoms with Gasteiger partial charge in [0.15, 0.2) is 5.82 Å². The molecule has 0 unspecified atom stereocenters. The van der Waals surface area contributed by atoms with Crippen molar-refractivity contribution in [2.45, 2.75) is 37.6 Å². The molecule has 0 aromatic carbocycles. The molecule has 0 N–H and O–H groups in total. The lowest BCUT2D eigenvalue weighted by Gasteiger charge is -2.41. The minimum atomic E-state index is -1.00. The Kier molecular flexibility index (Phi) is 4.55. The van der Waals surface area contributed by atoms with Crippen molar-refractivity contribution in [2.24, 2.45) is 0 Å². The van der Waals surface area contributed by atoms with Crippen molar-refractivity contribution in [3.63, 3.8) is 0 Å². The summed E-state index contributed by atoms with van der Waals surface area (Å²) in [5, 5.41) is 0. The molecule has 6 heteroatoms. The predicted octanol–water partition coefficient (Wildman–Crippen LogP) is 2.17. The lowest BCUT2D eigenvalue weighted by Crippen LogP contribution is -2.56. The maximum Gasteiger partial charge on any atom is 0.331 e. The highest BCUT2D eigenvalue weighted by Crippen LogP contribution is 2.35. The summed E-state index contributed by atoms with van der Waals surface area (Å²) >= 11 is 0. The topological polar surface area (TPSA) is 59.5 Å². The van der Waals surface area contributed by atoms with Crippen molar-refractivity contribution in [1.29, 1.82) is 0 Å². The van der Waals surface area contributed by atoms with Crippen molar-refractivity contribution >= 4 is 11.9 Å². The highest BCUT2D eigenvalue weighted by Gasteiger charge is 2.46. The fraction of sp³-hybridized carbons (Fsp3) is 0.533. The van der Waals surface area contributed by atoms with Gasteiger partial charge < -0.3 is 9.64 Å². The maximum atomic E-state index is 13.7. The van der Waals surface area contributed by atoms with Crippen molar-refractivity contribution < 1.29 is 18.7 Å². The summed E-state index contributed by atoms with van der Waals surface area (Å²) in [6.45, 7) is 0. The van der Waals surface area contributed by atoms with Gasteiger partial charge in [-0.2, -0.15) is 0 Å². The van der Waals surface area contributed by atoms with Crippen molar-refractivity contribution in [2.75, 3.05) is 14.2 Å². The van der Waals surface area contributed by atoms with Crippen LogP contribution in [0.1, 0.15) is 42.5 Å². The Morgan fingerprint density at radius 2 is 2.00 bits per heavy atom. The van der Waals surface area contributed by atoms with E-state index < -0.39 is 23.2 Å². The molecule has 2 rings (SSSR count). The molecule has 1 aromatic rings. The van der Waals surface area contributed by atoms with Crippen LogP contribution in [0.3, 0.4) is 0 Å². The summed E-state index contributed by atoms with van der Waals surface area (Å²) in [6.07, 6.45) is 6.12. The fourth-order valence-electron chi connectivity index (χ4n) is 2.93. The first-order chi connectivity index (χ1) is 10.0. The Morgan fingerprint density at radius 1 is 1.33 bits per heavy atom. The summed E-state index contributed by atoms with van der Waals surface area (Å²) in [5.41, 5.74) is -1.08. The number of esters is 1. The first kappa shape index (κ1) is 15.4. The number of hydrogen-bond donors (Lipinski definition) is 0. The Bertz CT molecular complexity index is 541. The van der Waals surface area contributed by atoms with Gasteiger partial charge in [-0.25, -0.2) is 9.18 Å². The molecule has 0 atom stereocenters. The molecular formula is C15H19FN2O3. The average Bonchev–Trinajstić information content (AvgIpc) is 2.53. The van der Waals surface area contributed by atoms with E-state index >= 15 is 0 Å². The Morgan fingerprint density at radius 3 is 2.57 bits per heavy atom. The molecule has 1 aromatic heterocycles. The standard InChI is InChI=1S/C15H19FN2O3/c1-18(13(19)11-6-9-17-10-12(11)16)15(14(20)21-2)7-4-3-5-8-15/h6,9-10H,3-5,7-8H2,1-2H3. The van der Waals surface area contributed by atoms with Crippen LogP contribution >= 0.6 is 0 Å². The minimum absolute atomic E-state index is 0.0821. The highest BCUT2D eigenvalue weighted by atomic mass is 19.1.